The predicted molar refractivity (Wildman–Crippen MR) is 111 cm³/mol. The second-order valence-electron chi connectivity index (χ2n) is 6.95. The smallest absolute Gasteiger partial charge is 0.328 e. The Balaban J connectivity index is 1.76. The van der Waals surface area contributed by atoms with Gasteiger partial charge in [0.05, 0.1) is 20.5 Å². The van der Waals surface area contributed by atoms with Gasteiger partial charge >= 0.3 is 5.97 Å². The molecule has 2 aromatic rings. The van der Waals surface area contributed by atoms with Gasteiger partial charge in [-0.1, -0.05) is 6.07 Å². The van der Waals surface area contributed by atoms with Crippen molar-refractivity contribution in [1.29, 1.82) is 0 Å². The summed E-state index contributed by atoms with van der Waals surface area (Å²) < 4.78 is 11.6. The minimum absolute atomic E-state index is 0.0254. The fourth-order valence-electron chi connectivity index (χ4n) is 2.93. The van der Waals surface area contributed by atoms with Crippen LogP contribution >= 0.6 is 0 Å². The lowest BCUT2D eigenvalue weighted by atomic mass is 10.1. The maximum Gasteiger partial charge on any atom is 0.328 e. The Kier molecular flexibility index (Phi) is 8.86. The monoisotopic (exact) mass is 432 g/mol. The van der Waals surface area contributed by atoms with Crippen LogP contribution in [0.3, 0.4) is 0 Å². The number of rotatable bonds is 11. The van der Waals surface area contributed by atoms with Crippen molar-refractivity contribution in [3.63, 3.8) is 0 Å². The Morgan fingerprint density at radius 1 is 1.19 bits per heavy atom. The molecule has 0 aliphatic carbocycles. The molecule has 1 heterocycles. The number of amides is 2. The highest BCUT2D eigenvalue weighted by Gasteiger charge is 2.23. The summed E-state index contributed by atoms with van der Waals surface area (Å²) in [7, 11) is 4.51. The summed E-state index contributed by atoms with van der Waals surface area (Å²) in [6, 6.07) is 4.06. The summed E-state index contributed by atoms with van der Waals surface area (Å²) in [6.07, 6.45) is 4.18. The number of imidazole rings is 1. The van der Waals surface area contributed by atoms with Gasteiger partial charge in [0, 0.05) is 44.7 Å². The lowest BCUT2D eigenvalue weighted by Gasteiger charge is -2.16. The largest absolute Gasteiger partial charge is 0.504 e. The number of carbonyl (C=O) groups excluding carboxylic acids is 3. The van der Waals surface area contributed by atoms with Crippen molar-refractivity contribution < 1.29 is 29.0 Å². The lowest BCUT2D eigenvalue weighted by molar-refractivity contribution is -0.145. The van der Waals surface area contributed by atoms with Crippen LogP contribution in [-0.4, -0.2) is 59.2 Å². The minimum atomic E-state index is -0.840. The van der Waals surface area contributed by atoms with Gasteiger partial charge in [-0.2, -0.15) is 0 Å². The number of esters is 1. The van der Waals surface area contributed by atoms with Crippen molar-refractivity contribution in [3.8, 4) is 11.5 Å². The number of nitrogens with zero attached hydrogens (tertiary/aromatic N) is 2. The van der Waals surface area contributed by atoms with Gasteiger partial charge in [0.15, 0.2) is 11.5 Å². The molecule has 168 valence electrons. The molecule has 0 aliphatic rings. The molecule has 0 radical (unpaired) electrons. The molecule has 0 saturated carbocycles. The zero-order valence-electron chi connectivity index (χ0n) is 17.9. The number of nitrogens with one attached hydrogen (secondary N) is 2. The lowest BCUT2D eigenvalue weighted by Crippen LogP contribution is -2.44. The quantitative estimate of drug-likeness (QED) is 0.440. The van der Waals surface area contributed by atoms with Crippen molar-refractivity contribution in [1.82, 2.24) is 20.2 Å². The highest BCUT2D eigenvalue weighted by molar-refractivity contribution is 5.85. The molecule has 2 amide bonds. The molecule has 10 heteroatoms. The first-order valence-electron chi connectivity index (χ1n) is 9.79. The van der Waals surface area contributed by atoms with E-state index < -0.39 is 12.0 Å². The summed E-state index contributed by atoms with van der Waals surface area (Å²) in [5.41, 5.74) is 1.62. The van der Waals surface area contributed by atoms with Gasteiger partial charge < -0.3 is 29.8 Å². The average Bonchev–Trinajstić information content (AvgIpc) is 3.16. The Labute approximate surface area is 180 Å². The van der Waals surface area contributed by atoms with E-state index in [9.17, 15) is 19.5 Å². The number of benzene rings is 1. The van der Waals surface area contributed by atoms with E-state index in [1.165, 1.54) is 20.3 Å². The van der Waals surface area contributed by atoms with Crippen LogP contribution in [0.15, 0.2) is 30.7 Å². The maximum absolute atomic E-state index is 12.2. The molecule has 31 heavy (non-hydrogen) atoms. The van der Waals surface area contributed by atoms with E-state index in [1.807, 2.05) is 0 Å². The van der Waals surface area contributed by atoms with E-state index >= 15 is 0 Å². The van der Waals surface area contributed by atoms with Crippen LogP contribution in [0.5, 0.6) is 11.5 Å². The highest BCUT2D eigenvalue weighted by Crippen LogP contribution is 2.26. The molecular weight excluding hydrogens is 404 g/mol. The normalized spacial score (nSPS) is 11.5. The molecule has 2 rings (SSSR count). The first-order valence-corrected chi connectivity index (χ1v) is 9.79. The SMILES string of the molecule is COC(=O)C(Cc1cncn1C)NC(=O)CCNC(=O)CCc1ccc(O)c(OC)c1. The standard InChI is InChI=1S/C21H28N4O6/c1-25-13-22-12-15(25)11-16(21(29)31-3)24-20(28)8-9-23-19(27)7-5-14-4-6-17(26)18(10-14)30-2/h4,6,10,12-13,16,26H,5,7-9,11H2,1-3H3,(H,23,27)(H,24,28). The van der Waals surface area contributed by atoms with E-state index in [1.54, 1.807) is 36.3 Å². The van der Waals surface area contributed by atoms with Crippen LogP contribution in [0.1, 0.15) is 24.1 Å². The van der Waals surface area contributed by atoms with E-state index in [-0.39, 0.29) is 43.4 Å². The van der Waals surface area contributed by atoms with Gasteiger partial charge in [0.1, 0.15) is 6.04 Å². The Hall–Kier alpha value is -3.56. The Morgan fingerprint density at radius 3 is 2.61 bits per heavy atom. The number of phenolic OH excluding ortho intramolecular Hbond substituents is 1. The summed E-state index contributed by atoms with van der Waals surface area (Å²) in [5, 5.41) is 14.9. The molecule has 0 aliphatic heterocycles. The number of hydrogen-bond donors (Lipinski definition) is 3. The van der Waals surface area contributed by atoms with Crippen molar-refractivity contribution in [2.24, 2.45) is 7.05 Å². The summed E-state index contributed by atoms with van der Waals surface area (Å²) in [6.45, 7) is 0.142. The molecule has 1 aromatic carbocycles. The number of aromatic hydroxyl groups is 1. The number of aromatic nitrogens is 2. The predicted octanol–water partition coefficient (Wildman–Crippen LogP) is 0.474. The van der Waals surface area contributed by atoms with Crippen LogP contribution in [0.2, 0.25) is 0 Å². The van der Waals surface area contributed by atoms with Crippen molar-refractivity contribution in [2.45, 2.75) is 31.7 Å². The molecular formula is C21H28N4O6. The molecule has 3 N–H and O–H groups in total. The summed E-state index contributed by atoms with van der Waals surface area (Å²) in [4.78, 5) is 40.2. The molecule has 0 spiro atoms. The molecule has 0 bridgehead atoms. The third kappa shape index (κ3) is 7.32. The fourth-order valence-corrected chi connectivity index (χ4v) is 2.93. The Morgan fingerprint density at radius 2 is 1.97 bits per heavy atom. The molecule has 1 unspecified atom stereocenters. The van der Waals surface area contributed by atoms with E-state index in [2.05, 4.69) is 15.6 Å². The fraction of sp³-hybridized carbons (Fsp3) is 0.429. The molecule has 10 nitrogen and oxygen atoms in total. The van der Waals surface area contributed by atoms with Gasteiger partial charge in [-0.25, -0.2) is 9.78 Å². The minimum Gasteiger partial charge on any atom is -0.504 e. The third-order valence-electron chi connectivity index (χ3n) is 4.71. The van der Waals surface area contributed by atoms with Crippen molar-refractivity contribution in [2.75, 3.05) is 20.8 Å². The average molecular weight is 432 g/mol. The van der Waals surface area contributed by atoms with Crippen molar-refractivity contribution >= 4 is 17.8 Å². The van der Waals surface area contributed by atoms with E-state index in [4.69, 9.17) is 9.47 Å². The van der Waals surface area contributed by atoms with Gasteiger partial charge in [-0.15, -0.1) is 0 Å². The van der Waals surface area contributed by atoms with Crippen LogP contribution < -0.4 is 15.4 Å². The molecule has 0 saturated heterocycles. The zero-order valence-corrected chi connectivity index (χ0v) is 17.9. The van der Waals surface area contributed by atoms with E-state index in [0.29, 0.717) is 12.2 Å². The zero-order chi connectivity index (χ0) is 22.8. The third-order valence-corrected chi connectivity index (χ3v) is 4.71. The van der Waals surface area contributed by atoms with Crippen LogP contribution in [0.4, 0.5) is 0 Å². The maximum atomic E-state index is 12.2. The second kappa shape index (κ2) is 11.6. The number of carbonyl (C=O) groups is 3. The first-order chi connectivity index (χ1) is 14.8. The number of hydrogen-bond acceptors (Lipinski definition) is 7. The van der Waals surface area contributed by atoms with Crippen LogP contribution in [0.25, 0.3) is 0 Å². The summed E-state index contributed by atoms with van der Waals surface area (Å²) >= 11 is 0. The number of methoxy groups -OCH3 is 2. The Bertz CT molecular complexity index is 911. The van der Waals surface area contributed by atoms with Crippen LogP contribution in [-0.2, 0) is 39.0 Å². The van der Waals surface area contributed by atoms with Gasteiger partial charge in [-0.3, -0.25) is 9.59 Å². The first kappa shape index (κ1) is 23.7. The highest BCUT2D eigenvalue weighted by atomic mass is 16.5. The summed E-state index contributed by atoms with van der Waals surface area (Å²) in [5.74, 6) is -0.750. The molecule has 1 atom stereocenters. The number of ether oxygens (including phenoxy) is 2. The second-order valence-corrected chi connectivity index (χ2v) is 6.95. The van der Waals surface area contributed by atoms with E-state index in [0.717, 1.165) is 11.3 Å². The number of aryl methyl sites for hydroxylation is 2. The van der Waals surface area contributed by atoms with Gasteiger partial charge in [0.2, 0.25) is 11.8 Å². The topological polar surface area (TPSA) is 132 Å². The molecule has 0 fully saturated rings. The van der Waals surface area contributed by atoms with Crippen LogP contribution in [0, 0.1) is 0 Å². The van der Waals surface area contributed by atoms with Gasteiger partial charge in [-0.05, 0) is 24.1 Å². The number of phenols is 1. The molecule has 1 aromatic heterocycles. The van der Waals surface area contributed by atoms with Gasteiger partial charge in [0.25, 0.3) is 0 Å². The van der Waals surface area contributed by atoms with Crippen molar-refractivity contribution in [3.05, 3.63) is 42.0 Å².